The Morgan fingerprint density at radius 3 is 2.59 bits per heavy atom. The lowest BCUT2D eigenvalue weighted by atomic mass is 10.2. The molecule has 140 valence electrons. The van der Waals surface area contributed by atoms with Crippen molar-refractivity contribution in [1.29, 1.82) is 0 Å². The van der Waals surface area contributed by atoms with Gasteiger partial charge in [0, 0.05) is 18.4 Å². The second-order valence-corrected chi connectivity index (χ2v) is 6.10. The van der Waals surface area contributed by atoms with E-state index in [2.05, 4.69) is 10.3 Å². The first-order valence-corrected chi connectivity index (χ1v) is 8.62. The molecule has 0 bridgehead atoms. The number of aryl methyl sites for hydroxylation is 2. The van der Waals surface area contributed by atoms with Crippen molar-refractivity contribution in [3.8, 4) is 22.8 Å². The van der Waals surface area contributed by atoms with Crippen molar-refractivity contribution >= 4 is 11.6 Å². The van der Waals surface area contributed by atoms with E-state index in [0.29, 0.717) is 29.5 Å². The van der Waals surface area contributed by atoms with Gasteiger partial charge in [-0.15, -0.1) is 0 Å². The maximum atomic E-state index is 12.3. The van der Waals surface area contributed by atoms with Crippen molar-refractivity contribution in [3.05, 3.63) is 60.1 Å². The molecule has 1 aromatic heterocycles. The minimum Gasteiger partial charge on any atom is -0.497 e. The Morgan fingerprint density at radius 2 is 1.89 bits per heavy atom. The maximum absolute atomic E-state index is 12.3. The molecule has 1 heterocycles. The van der Waals surface area contributed by atoms with E-state index in [1.807, 2.05) is 49.4 Å². The summed E-state index contributed by atoms with van der Waals surface area (Å²) in [6, 6.07) is 13.2. The fourth-order valence-electron chi connectivity index (χ4n) is 2.67. The molecular weight excluding hydrogens is 344 g/mol. The van der Waals surface area contributed by atoms with Gasteiger partial charge < -0.3 is 19.2 Å². The predicted molar refractivity (Wildman–Crippen MR) is 103 cm³/mol. The lowest BCUT2D eigenvalue weighted by Crippen LogP contribution is -2.13. The van der Waals surface area contributed by atoms with E-state index >= 15 is 0 Å². The maximum Gasteiger partial charge on any atom is 0.224 e. The summed E-state index contributed by atoms with van der Waals surface area (Å²) < 4.78 is 16.2. The third-order valence-electron chi connectivity index (χ3n) is 4.12. The lowest BCUT2D eigenvalue weighted by Gasteiger charge is -2.10. The van der Waals surface area contributed by atoms with Crippen LogP contribution < -0.4 is 14.8 Å². The minimum atomic E-state index is -0.122. The third-order valence-corrected chi connectivity index (χ3v) is 4.12. The van der Waals surface area contributed by atoms with Crippen LogP contribution in [0.15, 0.2) is 53.1 Å². The third kappa shape index (κ3) is 4.67. The summed E-state index contributed by atoms with van der Waals surface area (Å²) in [5.74, 6) is 2.47. The SMILES string of the molecule is COc1ccc(-c2cnc(CCC(=O)Nc3cc(C)ccc3OC)o2)cc1. The van der Waals surface area contributed by atoms with Gasteiger partial charge in [-0.1, -0.05) is 6.07 Å². The summed E-state index contributed by atoms with van der Waals surface area (Å²) >= 11 is 0. The Labute approximate surface area is 158 Å². The highest BCUT2D eigenvalue weighted by Crippen LogP contribution is 2.26. The average Bonchev–Trinajstić information content (AvgIpc) is 3.16. The summed E-state index contributed by atoms with van der Waals surface area (Å²) in [7, 11) is 3.20. The molecule has 27 heavy (non-hydrogen) atoms. The molecule has 6 heteroatoms. The molecule has 6 nitrogen and oxygen atoms in total. The first-order chi connectivity index (χ1) is 13.1. The van der Waals surface area contributed by atoms with E-state index in [1.165, 1.54) is 0 Å². The molecule has 0 unspecified atom stereocenters. The Bertz CT molecular complexity index is 916. The predicted octanol–water partition coefficient (Wildman–Crippen LogP) is 4.24. The molecule has 1 N–H and O–H groups in total. The van der Waals surface area contributed by atoms with E-state index in [0.717, 1.165) is 16.9 Å². The minimum absolute atomic E-state index is 0.122. The fourth-order valence-corrected chi connectivity index (χ4v) is 2.67. The van der Waals surface area contributed by atoms with Gasteiger partial charge in [0.1, 0.15) is 11.5 Å². The second kappa shape index (κ2) is 8.40. The summed E-state index contributed by atoms with van der Waals surface area (Å²) in [5.41, 5.74) is 2.61. The number of carbonyl (C=O) groups is 1. The highest BCUT2D eigenvalue weighted by Gasteiger charge is 2.11. The van der Waals surface area contributed by atoms with Gasteiger partial charge in [0.15, 0.2) is 11.7 Å². The average molecular weight is 366 g/mol. The van der Waals surface area contributed by atoms with Gasteiger partial charge in [0.25, 0.3) is 0 Å². The number of benzene rings is 2. The normalized spacial score (nSPS) is 10.5. The number of rotatable bonds is 7. The second-order valence-electron chi connectivity index (χ2n) is 6.10. The smallest absolute Gasteiger partial charge is 0.224 e. The van der Waals surface area contributed by atoms with Gasteiger partial charge >= 0.3 is 0 Å². The van der Waals surface area contributed by atoms with Crippen LogP contribution in [0.1, 0.15) is 17.9 Å². The Kier molecular flexibility index (Phi) is 5.76. The number of hydrogen-bond donors (Lipinski definition) is 1. The number of aromatic nitrogens is 1. The zero-order valence-electron chi connectivity index (χ0n) is 15.6. The van der Waals surface area contributed by atoms with Gasteiger partial charge in [-0.2, -0.15) is 0 Å². The number of anilines is 1. The molecule has 0 aliphatic rings. The van der Waals surface area contributed by atoms with Crippen LogP contribution in [0.4, 0.5) is 5.69 Å². The lowest BCUT2D eigenvalue weighted by molar-refractivity contribution is -0.116. The van der Waals surface area contributed by atoms with E-state index in [-0.39, 0.29) is 12.3 Å². The summed E-state index contributed by atoms with van der Waals surface area (Å²) in [5, 5.41) is 2.88. The van der Waals surface area contributed by atoms with Crippen LogP contribution in [0, 0.1) is 6.92 Å². The summed E-state index contributed by atoms with van der Waals surface area (Å²) in [4.78, 5) is 16.5. The quantitative estimate of drug-likeness (QED) is 0.677. The number of hydrogen-bond acceptors (Lipinski definition) is 5. The largest absolute Gasteiger partial charge is 0.497 e. The molecular formula is C21H22N2O4. The zero-order chi connectivity index (χ0) is 19.2. The standard InChI is InChI=1S/C21H22N2O4/c1-14-4-9-18(26-3)17(12-14)23-20(24)10-11-21-22-13-19(27-21)15-5-7-16(25-2)8-6-15/h4-9,12-13H,10-11H2,1-3H3,(H,23,24). The van der Waals surface area contributed by atoms with Crippen LogP contribution in [0.3, 0.4) is 0 Å². The van der Waals surface area contributed by atoms with Gasteiger partial charge in [-0.3, -0.25) is 4.79 Å². The van der Waals surface area contributed by atoms with Crippen molar-refractivity contribution in [2.24, 2.45) is 0 Å². The molecule has 3 aromatic rings. The van der Waals surface area contributed by atoms with Crippen LogP contribution in [0.5, 0.6) is 11.5 Å². The van der Waals surface area contributed by atoms with E-state index in [1.54, 1.807) is 20.4 Å². The van der Waals surface area contributed by atoms with Crippen LogP contribution in [-0.2, 0) is 11.2 Å². The number of amides is 1. The molecule has 0 spiro atoms. The zero-order valence-corrected chi connectivity index (χ0v) is 15.6. The Morgan fingerprint density at radius 1 is 1.11 bits per heavy atom. The topological polar surface area (TPSA) is 73.6 Å². The van der Waals surface area contributed by atoms with Crippen LogP contribution >= 0.6 is 0 Å². The van der Waals surface area contributed by atoms with Gasteiger partial charge in [0.2, 0.25) is 5.91 Å². The first-order valence-electron chi connectivity index (χ1n) is 8.62. The molecule has 0 atom stereocenters. The molecule has 0 saturated heterocycles. The number of oxazole rings is 1. The van der Waals surface area contributed by atoms with E-state index in [4.69, 9.17) is 13.9 Å². The van der Waals surface area contributed by atoms with Crippen molar-refractivity contribution in [1.82, 2.24) is 4.98 Å². The number of ether oxygens (including phenoxy) is 2. The highest BCUT2D eigenvalue weighted by atomic mass is 16.5. The van der Waals surface area contributed by atoms with Crippen molar-refractivity contribution < 1.29 is 18.7 Å². The number of nitrogens with zero attached hydrogens (tertiary/aromatic N) is 1. The molecule has 0 aliphatic heterocycles. The monoisotopic (exact) mass is 366 g/mol. The summed E-state index contributed by atoms with van der Waals surface area (Å²) in [6.45, 7) is 1.96. The van der Waals surface area contributed by atoms with Gasteiger partial charge in [-0.25, -0.2) is 4.98 Å². The highest BCUT2D eigenvalue weighted by molar-refractivity contribution is 5.92. The molecule has 0 fully saturated rings. The molecule has 3 rings (SSSR count). The number of carbonyl (C=O) groups excluding carboxylic acids is 1. The van der Waals surface area contributed by atoms with Crippen LogP contribution in [-0.4, -0.2) is 25.1 Å². The molecule has 2 aromatic carbocycles. The van der Waals surface area contributed by atoms with Gasteiger partial charge in [-0.05, 0) is 48.9 Å². The van der Waals surface area contributed by atoms with Crippen molar-refractivity contribution in [3.63, 3.8) is 0 Å². The molecule has 0 radical (unpaired) electrons. The molecule has 0 aliphatic carbocycles. The fraction of sp³-hybridized carbons (Fsp3) is 0.238. The van der Waals surface area contributed by atoms with E-state index < -0.39 is 0 Å². The number of methoxy groups -OCH3 is 2. The first kappa shape index (κ1) is 18.5. The van der Waals surface area contributed by atoms with Crippen LogP contribution in [0.2, 0.25) is 0 Å². The molecule has 1 amide bonds. The van der Waals surface area contributed by atoms with Crippen molar-refractivity contribution in [2.45, 2.75) is 19.8 Å². The van der Waals surface area contributed by atoms with Gasteiger partial charge in [0.05, 0.1) is 26.1 Å². The Hall–Kier alpha value is -3.28. The summed E-state index contributed by atoms with van der Waals surface area (Å²) in [6.07, 6.45) is 2.34. The van der Waals surface area contributed by atoms with Crippen molar-refractivity contribution in [2.75, 3.05) is 19.5 Å². The number of nitrogens with one attached hydrogen (secondary N) is 1. The Balaban J connectivity index is 1.59. The molecule has 0 saturated carbocycles. The van der Waals surface area contributed by atoms with E-state index in [9.17, 15) is 4.79 Å². The van der Waals surface area contributed by atoms with Crippen LogP contribution in [0.25, 0.3) is 11.3 Å².